The van der Waals surface area contributed by atoms with Gasteiger partial charge in [0.25, 0.3) is 0 Å². The lowest BCUT2D eigenvalue weighted by molar-refractivity contribution is -0.174. The third kappa shape index (κ3) is 4.03. The monoisotopic (exact) mass is 437 g/mol. The van der Waals surface area contributed by atoms with E-state index in [4.69, 9.17) is 0 Å². The van der Waals surface area contributed by atoms with Crippen LogP contribution in [0.2, 0.25) is 0 Å². The van der Waals surface area contributed by atoms with Gasteiger partial charge in [-0.25, -0.2) is 10.0 Å². The minimum atomic E-state index is -4.81. The molecule has 1 aromatic rings. The Morgan fingerprint density at radius 2 is 2.03 bits per heavy atom. The largest absolute Gasteiger partial charge is 0.471 e. The van der Waals surface area contributed by atoms with Gasteiger partial charge in [0.1, 0.15) is 12.2 Å². The molecule has 4 aliphatic rings. The Morgan fingerprint density at radius 3 is 2.81 bits per heavy atom. The first-order valence-electron chi connectivity index (χ1n) is 10.8. The van der Waals surface area contributed by atoms with Gasteiger partial charge < -0.3 is 20.6 Å². The minimum Gasteiger partial charge on any atom is -0.346 e. The average molecular weight is 437 g/mol. The fourth-order valence-electron chi connectivity index (χ4n) is 5.18. The van der Waals surface area contributed by atoms with Crippen LogP contribution in [0.5, 0.6) is 0 Å². The number of nitrogens with one attached hydrogen (secondary N) is 4. The van der Waals surface area contributed by atoms with Crippen molar-refractivity contribution in [2.75, 3.05) is 19.6 Å². The molecule has 1 atom stereocenters. The molecule has 1 saturated carbocycles. The molecule has 0 spiro atoms. The van der Waals surface area contributed by atoms with Crippen LogP contribution in [0.4, 0.5) is 19.0 Å². The highest BCUT2D eigenvalue weighted by atomic mass is 19.4. The number of hydrogen-bond acceptors (Lipinski definition) is 6. The van der Waals surface area contributed by atoms with Gasteiger partial charge >= 0.3 is 12.1 Å². The molecule has 0 radical (unpaired) electrons. The third-order valence-electron chi connectivity index (χ3n) is 6.73. The van der Waals surface area contributed by atoms with Crippen molar-refractivity contribution in [3.05, 3.63) is 23.5 Å². The second kappa shape index (κ2) is 7.86. The van der Waals surface area contributed by atoms with Gasteiger partial charge in [-0.2, -0.15) is 13.2 Å². The van der Waals surface area contributed by atoms with Gasteiger partial charge in [0.15, 0.2) is 0 Å². The maximum Gasteiger partial charge on any atom is 0.471 e. The second-order valence-corrected chi connectivity index (χ2v) is 8.79. The molecule has 1 aliphatic carbocycles. The molecule has 5 rings (SSSR count). The lowest BCUT2D eigenvalue weighted by Crippen LogP contribution is -2.44. The van der Waals surface area contributed by atoms with E-state index in [1.54, 1.807) is 6.34 Å². The molecule has 1 amide bonds. The molecular weight excluding hydrogens is 411 g/mol. The number of aromatic nitrogens is 1. The van der Waals surface area contributed by atoms with E-state index in [0.29, 0.717) is 24.8 Å². The summed E-state index contributed by atoms with van der Waals surface area (Å²) in [5.74, 6) is -0.0147. The van der Waals surface area contributed by atoms with Gasteiger partial charge in [-0.15, -0.1) is 5.53 Å². The Morgan fingerprint density at radius 1 is 1.23 bits per heavy atom. The number of hydrogen-bond donors (Lipinski definition) is 4. The molecular formula is C20H26F3N7O. The van der Waals surface area contributed by atoms with Crippen molar-refractivity contribution in [2.45, 2.75) is 44.3 Å². The number of carbonyl (C=O) groups is 1. The van der Waals surface area contributed by atoms with Crippen LogP contribution in [0, 0.1) is 11.8 Å². The molecule has 1 aromatic heterocycles. The van der Waals surface area contributed by atoms with E-state index >= 15 is 0 Å². The van der Waals surface area contributed by atoms with Crippen molar-refractivity contribution in [3.63, 3.8) is 0 Å². The van der Waals surface area contributed by atoms with E-state index < -0.39 is 18.1 Å². The maximum atomic E-state index is 12.5. The van der Waals surface area contributed by atoms with Gasteiger partial charge in [0, 0.05) is 43.4 Å². The van der Waals surface area contributed by atoms with Crippen LogP contribution in [-0.4, -0.2) is 59.0 Å². The van der Waals surface area contributed by atoms with Crippen LogP contribution in [0.25, 0.3) is 5.70 Å². The molecule has 2 fully saturated rings. The number of rotatable bonds is 4. The second-order valence-electron chi connectivity index (χ2n) is 8.79. The summed E-state index contributed by atoms with van der Waals surface area (Å²) in [4.78, 5) is 20.9. The van der Waals surface area contributed by atoms with Crippen LogP contribution < -0.4 is 16.3 Å². The zero-order valence-corrected chi connectivity index (χ0v) is 17.0. The number of H-pyrrole nitrogens is 1. The molecule has 4 heterocycles. The number of hydrazine groups is 2. The Labute approximate surface area is 177 Å². The Balaban J connectivity index is 1.14. The van der Waals surface area contributed by atoms with Crippen molar-refractivity contribution in [2.24, 2.45) is 16.8 Å². The average Bonchev–Trinajstić information content (AvgIpc) is 3.46. The fourth-order valence-corrected chi connectivity index (χ4v) is 5.18. The summed E-state index contributed by atoms with van der Waals surface area (Å²) in [7, 11) is 0. The Bertz CT molecular complexity index is 901. The summed E-state index contributed by atoms with van der Waals surface area (Å²) in [6, 6.07) is 1.62. The van der Waals surface area contributed by atoms with E-state index in [9.17, 15) is 18.0 Å². The summed E-state index contributed by atoms with van der Waals surface area (Å²) in [5, 5.41) is 4.03. The first-order valence-corrected chi connectivity index (χ1v) is 10.8. The highest BCUT2D eigenvalue weighted by molar-refractivity contribution is 5.88. The Kier molecular flexibility index (Phi) is 5.17. The number of aromatic amines is 1. The maximum absolute atomic E-state index is 12.5. The van der Waals surface area contributed by atoms with Crippen LogP contribution >= 0.6 is 0 Å². The molecule has 4 N–H and O–H groups in total. The number of halogens is 3. The van der Waals surface area contributed by atoms with E-state index in [2.05, 4.69) is 31.2 Å². The minimum absolute atomic E-state index is 0.416. The normalized spacial score (nSPS) is 28.5. The lowest BCUT2D eigenvalue weighted by Gasteiger charge is -2.32. The highest BCUT2D eigenvalue weighted by Gasteiger charge is 2.41. The van der Waals surface area contributed by atoms with Gasteiger partial charge in [0.05, 0.1) is 11.4 Å². The summed E-state index contributed by atoms with van der Waals surface area (Å²) in [6.45, 7) is 2.10. The van der Waals surface area contributed by atoms with E-state index in [-0.39, 0.29) is 0 Å². The van der Waals surface area contributed by atoms with Crippen LogP contribution in [0.15, 0.2) is 23.0 Å². The van der Waals surface area contributed by atoms with E-state index in [1.165, 1.54) is 5.70 Å². The quantitative estimate of drug-likeness (QED) is 0.581. The first-order chi connectivity index (χ1) is 14.9. The molecule has 168 valence electrons. The molecule has 0 bridgehead atoms. The SMILES string of the molecule is O=C(N[C@@H]1CCN(CC2CCC(C3=C4c5cc[nH]c5N=CN4NN3)CC2)C1)C(F)(F)F. The van der Waals surface area contributed by atoms with E-state index in [0.717, 1.165) is 55.9 Å². The molecule has 1 saturated heterocycles. The number of aliphatic imine (C=N–C) groups is 1. The van der Waals surface area contributed by atoms with Crippen LogP contribution in [0.1, 0.15) is 37.7 Å². The topological polar surface area (TPSA) is 87.8 Å². The van der Waals surface area contributed by atoms with Gasteiger partial charge in [0.2, 0.25) is 0 Å². The molecule has 11 heteroatoms. The zero-order chi connectivity index (χ0) is 21.6. The summed E-state index contributed by atoms with van der Waals surface area (Å²) in [6.07, 6.45) is 3.69. The lowest BCUT2D eigenvalue weighted by atomic mass is 9.79. The van der Waals surface area contributed by atoms with Crippen molar-refractivity contribution in [1.82, 2.24) is 31.2 Å². The predicted octanol–water partition coefficient (Wildman–Crippen LogP) is 2.24. The number of carbonyl (C=O) groups excluding carboxylic acids is 1. The van der Waals surface area contributed by atoms with Gasteiger partial charge in [-0.1, -0.05) is 0 Å². The van der Waals surface area contributed by atoms with Crippen molar-refractivity contribution < 1.29 is 18.0 Å². The van der Waals surface area contributed by atoms with Crippen LogP contribution in [-0.2, 0) is 4.79 Å². The van der Waals surface area contributed by atoms with Crippen molar-refractivity contribution >= 4 is 23.8 Å². The molecule has 8 nitrogen and oxygen atoms in total. The number of amides is 1. The number of nitrogens with zero attached hydrogens (tertiary/aromatic N) is 3. The van der Waals surface area contributed by atoms with Gasteiger partial charge in [-0.3, -0.25) is 4.79 Å². The van der Waals surface area contributed by atoms with Crippen molar-refractivity contribution in [1.29, 1.82) is 0 Å². The summed E-state index contributed by atoms with van der Waals surface area (Å²) in [5.41, 5.74) is 9.89. The summed E-state index contributed by atoms with van der Waals surface area (Å²) < 4.78 is 37.4. The molecule has 0 aromatic carbocycles. The van der Waals surface area contributed by atoms with Crippen molar-refractivity contribution in [3.8, 4) is 0 Å². The molecule has 3 aliphatic heterocycles. The van der Waals surface area contributed by atoms with Crippen LogP contribution in [0.3, 0.4) is 0 Å². The fraction of sp³-hybridized carbons (Fsp3) is 0.600. The smallest absolute Gasteiger partial charge is 0.346 e. The Hall–Kier alpha value is -2.53. The number of alkyl halides is 3. The standard InChI is InChI=1S/C20H26F3N7O/c21-20(22,23)19(31)26-14-6-8-29(10-14)9-12-1-3-13(4-2-12)16-17-15-5-7-24-18(15)25-11-30(17)28-27-16/h5,7,11-14,24,27-28H,1-4,6,8-10H2,(H,26,31)/t12?,13?,14-/m1/s1. The molecule has 31 heavy (non-hydrogen) atoms. The third-order valence-corrected chi connectivity index (χ3v) is 6.73. The predicted molar refractivity (Wildman–Crippen MR) is 108 cm³/mol. The highest BCUT2D eigenvalue weighted by Crippen LogP contribution is 2.41. The van der Waals surface area contributed by atoms with E-state index in [1.807, 2.05) is 17.3 Å². The first kappa shape index (κ1) is 20.4. The summed E-state index contributed by atoms with van der Waals surface area (Å²) >= 11 is 0. The number of allylic oxidation sites excluding steroid dienone is 1. The zero-order valence-electron chi connectivity index (χ0n) is 17.0. The molecule has 0 unspecified atom stereocenters. The number of likely N-dealkylation sites (tertiary alicyclic amines) is 1. The number of fused-ring (bicyclic) bond motifs is 3. The van der Waals surface area contributed by atoms with Gasteiger partial charge in [-0.05, 0) is 44.1 Å².